The Bertz CT molecular complexity index is 566. The van der Waals surface area contributed by atoms with Crippen LogP contribution < -0.4 is 5.32 Å². The minimum atomic E-state index is -0.154. The lowest BCUT2D eigenvalue weighted by atomic mass is 10.0. The Morgan fingerprint density at radius 1 is 1.15 bits per heavy atom. The zero-order valence-corrected chi connectivity index (χ0v) is 12.5. The highest BCUT2D eigenvalue weighted by molar-refractivity contribution is 6.30. The molecular weight excluding hydrogens is 273 g/mol. The van der Waals surface area contributed by atoms with E-state index in [0.717, 1.165) is 23.6 Å². The molecule has 0 aromatic heterocycles. The van der Waals surface area contributed by atoms with Crippen molar-refractivity contribution in [1.29, 1.82) is 0 Å². The fourth-order valence-corrected chi connectivity index (χ4v) is 2.38. The van der Waals surface area contributed by atoms with Crippen LogP contribution >= 0.6 is 11.6 Å². The quantitative estimate of drug-likeness (QED) is 0.815. The highest BCUT2D eigenvalue weighted by atomic mass is 35.5. The summed E-state index contributed by atoms with van der Waals surface area (Å²) in [5, 5.41) is 4.25. The van der Waals surface area contributed by atoms with Gasteiger partial charge in [-0.15, -0.1) is 0 Å². The maximum atomic E-state index is 13.2. The molecule has 1 N–H and O–H groups in total. The molecule has 0 saturated carbocycles. The van der Waals surface area contributed by atoms with Gasteiger partial charge < -0.3 is 5.32 Å². The molecule has 0 spiro atoms. The predicted molar refractivity (Wildman–Crippen MR) is 82.5 cm³/mol. The summed E-state index contributed by atoms with van der Waals surface area (Å²) in [7, 11) is 0. The molecule has 20 heavy (non-hydrogen) atoms. The summed E-state index contributed by atoms with van der Waals surface area (Å²) in [5.74, 6) is -0.154. The van der Waals surface area contributed by atoms with Gasteiger partial charge in [0.1, 0.15) is 5.82 Å². The number of hydrogen-bond donors (Lipinski definition) is 1. The molecule has 0 saturated heterocycles. The summed E-state index contributed by atoms with van der Waals surface area (Å²) in [6.45, 7) is 4.65. The largest absolute Gasteiger partial charge is 0.306 e. The van der Waals surface area contributed by atoms with E-state index in [1.165, 1.54) is 11.6 Å². The average Bonchev–Trinajstić information content (AvgIpc) is 2.45. The Kier molecular flexibility index (Phi) is 5.16. The van der Waals surface area contributed by atoms with Crippen LogP contribution in [0.15, 0.2) is 42.5 Å². The molecule has 2 aromatic carbocycles. The van der Waals surface area contributed by atoms with E-state index in [-0.39, 0.29) is 11.9 Å². The van der Waals surface area contributed by atoms with E-state index in [1.807, 2.05) is 36.4 Å². The number of halogens is 2. The van der Waals surface area contributed by atoms with Crippen LogP contribution in [0.4, 0.5) is 4.39 Å². The highest BCUT2D eigenvalue weighted by Crippen LogP contribution is 2.20. The molecule has 0 aliphatic rings. The smallest absolute Gasteiger partial charge is 0.126 e. The molecule has 1 nitrogen and oxygen atoms in total. The van der Waals surface area contributed by atoms with Crippen LogP contribution in [0.3, 0.4) is 0 Å². The van der Waals surface area contributed by atoms with E-state index in [4.69, 9.17) is 11.6 Å². The van der Waals surface area contributed by atoms with Crippen molar-refractivity contribution in [2.24, 2.45) is 0 Å². The van der Waals surface area contributed by atoms with Crippen molar-refractivity contribution in [2.75, 3.05) is 0 Å². The first-order valence-corrected chi connectivity index (χ1v) is 7.22. The fraction of sp³-hybridized carbons (Fsp3) is 0.294. The lowest BCUT2D eigenvalue weighted by Gasteiger charge is -2.18. The first-order valence-electron chi connectivity index (χ1n) is 6.84. The molecule has 1 atom stereocenters. The number of hydrogen-bond acceptors (Lipinski definition) is 1. The van der Waals surface area contributed by atoms with Gasteiger partial charge in [-0.05, 0) is 48.2 Å². The molecule has 1 unspecified atom stereocenters. The molecule has 3 heteroatoms. The fourth-order valence-electron chi connectivity index (χ4n) is 2.25. The van der Waals surface area contributed by atoms with Gasteiger partial charge in [0, 0.05) is 17.6 Å². The molecule has 2 rings (SSSR count). The Balaban J connectivity index is 2.03. The summed E-state index contributed by atoms with van der Waals surface area (Å²) in [5.41, 5.74) is 3.00. The van der Waals surface area contributed by atoms with E-state index < -0.39 is 0 Å². The van der Waals surface area contributed by atoms with Crippen molar-refractivity contribution in [3.05, 3.63) is 70.0 Å². The minimum absolute atomic E-state index is 0.154. The van der Waals surface area contributed by atoms with Crippen molar-refractivity contribution >= 4 is 11.6 Å². The average molecular weight is 292 g/mol. The highest BCUT2D eigenvalue weighted by Gasteiger charge is 2.09. The lowest BCUT2D eigenvalue weighted by Crippen LogP contribution is -2.20. The molecule has 106 valence electrons. The van der Waals surface area contributed by atoms with Crippen molar-refractivity contribution in [2.45, 2.75) is 32.9 Å². The molecule has 0 aliphatic carbocycles. The van der Waals surface area contributed by atoms with E-state index in [1.54, 1.807) is 6.92 Å². The first-order chi connectivity index (χ1) is 9.60. The molecule has 0 aliphatic heterocycles. The van der Waals surface area contributed by atoms with Crippen LogP contribution in [0.1, 0.15) is 36.1 Å². The number of rotatable bonds is 5. The molecule has 2 aromatic rings. The van der Waals surface area contributed by atoms with Crippen molar-refractivity contribution in [1.82, 2.24) is 5.32 Å². The van der Waals surface area contributed by atoms with E-state index in [0.29, 0.717) is 5.56 Å². The maximum absolute atomic E-state index is 13.2. The van der Waals surface area contributed by atoms with E-state index in [2.05, 4.69) is 12.2 Å². The zero-order chi connectivity index (χ0) is 14.5. The SMILES string of the molecule is CCC(NCc1ccc(F)c(C)c1)c1ccc(Cl)cc1. The Morgan fingerprint density at radius 2 is 1.85 bits per heavy atom. The number of aryl methyl sites for hydroxylation is 1. The van der Waals surface area contributed by atoms with Gasteiger partial charge in [0.2, 0.25) is 0 Å². The van der Waals surface area contributed by atoms with Crippen LogP contribution in [-0.4, -0.2) is 0 Å². The predicted octanol–water partition coefficient (Wildman–Crippen LogP) is 5.03. The van der Waals surface area contributed by atoms with Gasteiger partial charge in [-0.3, -0.25) is 0 Å². The summed E-state index contributed by atoms with van der Waals surface area (Å²) >= 11 is 5.91. The second-order valence-electron chi connectivity index (χ2n) is 4.98. The zero-order valence-electron chi connectivity index (χ0n) is 11.8. The van der Waals surface area contributed by atoms with Crippen LogP contribution in [0.2, 0.25) is 5.02 Å². The van der Waals surface area contributed by atoms with Crippen LogP contribution in [0.5, 0.6) is 0 Å². The lowest BCUT2D eigenvalue weighted by molar-refractivity contribution is 0.518. The summed E-state index contributed by atoms with van der Waals surface area (Å²) in [6.07, 6.45) is 0.988. The summed E-state index contributed by atoms with van der Waals surface area (Å²) in [6, 6.07) is 13.4. The third-order valence-electron chi connectivity index (χ3n) is 3.46. The Hall–Kier alpha value is -1.38. The Morgan fingerprint density at radius 3 is 2.45 bits per heavy atom. The van der Waals surface area contributed by atoms with E-state index >= 15 is 0 Å². The van der Waals surface area contributed by atoms with Gasteiger partial charge in [-0.2, -0.15) is 0 Å². The van der Waals surface area contributed by atoms with Gasteiger partial charge in [0.25, 0.3) is 0 Å². The summed E-state index contributed by atoms with van der Waals surface area (Å²) in [4.78, 5) is 0. The maximum Gasteiger partial charge on any atom is 0.126 e. The van der Waals surface area contributed by atoms with Crippen LogP contribution in [0.25, 0.3) is 0 Å². The van der Waals surface area contributed by atoms with Gasteiger partial charge in [-0.25, -0.2) is 4.39 Å². The Labute approximate surface area is 124 Å². The second kappa shape index (κ2) is 6.87. The molecule has 0 heterocycles. The van der Waals surface area contributed by atoms with Crippen LogP contribution in [0, 0.1) is 12.7 Å². The minimum Gasteiger partial charge on any atom is -0.306 e. The van der Waals surface area contributed by atoms with Crippen molar-refractivity contribution in [3.63, 3.8) is 0 Å². The molecule has 0 fully saturated rings. The standard InChI is InChI=1S/C17H19ClFN/c1-3-17(14-5-7-15(18)8-6-14)20-11-13-4-9-16(19)12(2)10-13/h4-10,17,20H,3,11H2,1-2H3. The number of nitrogens with one attached hydrogen (secondary N) is 1. The third kappa shape index (κ3) is 3.81. The molecule has 0 amide bonds. The first kappa shape index (κ1) is 15.0. The molecule has 0 radical (unpaired) electrons. The van der Waals surface area contributed by atoms with Gasteiger partial charge in [0.15, 0.2) is 0 Å². The van der Waals surface area contributed by atoms with Crippen LogP contribution in [-0.2, 0) is 6.54 Å². The van der Waals surface area contributed by atoms with Crippen molar-refractivity contribution in [3.8, 4) is 0 Å². The number of benzene rings is 2. The van der Waals surface area contributed by atoms with Crippen molar-refractivity contribution < 1.29 is 4.39 Å². The molecule has 0 bridgehead atoms. The third-order valence-corrected chi connectivity index (χ3v) is 3.71. The topological polar surface area (TPSA) is 12.0 Å². The van der Waals surface area contributed by atoms with Gasteiger partial charge in [0.05, 0.1) is 0 Å². The van der Waals surface area contributed by atoms with Gasteiger partial charge >= 0.3 is 0 Å². The normalized spacial score (nSPS) is 12.4. The molecular formula is C17H19ClFN. The second-order valence-corrected chi connectivity index (χ2v) is 5.41. The van der Waals surface area contributed by atoms with E-state index in [9.17, 15) is 4.39 Å². The monoisotopic (exact) mass is 291 g/mol. The summed E-state index contributed by atoms with van der Waals surface area (Å²) < 4.78 is 13.2. The van der Waals surface area contributed by atoms with Gasteiger partial charge in [-0.1, -0.05) is 42.8 Å².